The van der Waals surface area contributed by atoms with E-state index in [0.717, 1.165) is 50.6 Å². The van der Waals surface area contributed by atoms with E-state index in [1.165, 1.54) is 0 Å². The average Bonchev–Trinajstić information content (AvgIpc) is 3.06. The zero-order chi connectivity index (χ0) is 15.6. The third-order valence-corrected chi connectivity index (χ3v) is 3.67. The maximum atomic E-state index is 11.7. The molecule has 0 aliphatic carbocycles. The number of hydroxylamine groups is 1. The fraction of sp³-hybridized carbons (Fsp3) is 0.714. The van der Waals surface area contributed by atoms with Gasteiger partial charge in [0, 0.05) is 19.5 Å². The molecular formula is C14H23N5O3. The number of nitrogens with zero attached hydrogens (tertiary/aromatic N) is 3. The molecule has 122 valence electrons. The minimum Gasteiger partial charge on any atom is -0.321 e. The highest BCUT2D eigenvalue weighted by molar-refractivity contribution is 5.77. The second-order valence-electron chi connectivity index (χ2n) is 5.46. The predicted molar refractivity (Wildman–Crippen MR) is 78.6 cm³/mol. The number of unbranched alkanes of at least 4 members (excludes halogenated alkanes) is 2. The van der Waals surface area contributed by atoms with E-state index in [4.69, 9.17) is 4.84 Å². The van der Waals surface area contributed by atoms with Crippen molar-refractivity contribution in [1.82, 2.24) is 25.8 Å². The first-order chi connectivity index (χ1) is 10.8. The second-order valence-corrected chi connectivity index (χ2v) is 5.46. The normalized spacial score (nSPS) is 14.6. The van der Waals surface area contributed by atoms with Crippen molar-refractivity contribution in [1.29, 1.82) is 0 Å². The lowest BCUT2D eigenvalue weighted by atomic mass is 10.1. The van der Waals surface area contributed by atoms with Gasteiger partial charge in [-0.3, -0.25) is 4.79 Å². The number of amides is 2. The van der Waals surface area contributed by atoms with Gasteiger partial charge in [-0.25, -0.2) is 4.79 Å². The number of piperidine rings is 1. The Hall–Kier alpha value is -2.12. The lowest BCUT2D eigenvalue weighted by molar-refractivity contribution is -0.130. The summed E-state index contributed by atoms with van der Waals surface area (Å²) in [4.78, 5) is 29.7. The van der Waals surface area contributed by atoms with Gasteiger partial charge < -0.3 is 9.74 Å². The minimum absolute atomic E-state index is 0.258. The van der Waals surface area contributed by atoms with E-state index < -0.39 is 6.09 Å². The van der Waals surface area contributed by atoms with Crippen LogP contribution >= 0.6 is 0 Å². The van der Waals surface area contributed by atoms with Crippen molar-refractivity contribution in [2.45, 2.75) is 51.4 Å². The molecule has 0 aromatic carbocycles. The quantitative estimate of drug-likeness (QED) is 0.613. The monoisotopic (exact) mass is 309 g/mol. The third-order valence-electron chi connectivity index (χ3n) is 3.67. The summed E-state index contributed by atoms with van der Waals surface area (Å²) >= 11 is 0. The zero-order valence-electron chi connectivity index (χ0n) is 12.7. The summed E-state index contributed by atoms with van der Waals surface area (Å²) in [5, 5.41) is 10.3. The van der Waals surface area contributed by atoms with Crippen LogP contribution in [-0.2, 0) is 16.1 Å². The molecule has 0 atom stereocenters. The van der Waals surface area contributed by atoms with E-state index >= 15 is 0 Å². The molecule has 1 aromatic rings. The first kappa shape index (κ1) is 16.3. The SMILES string of the molecule is O=C(CCCCCc1cn[nH]n1)NOC(=O)N1CCCCC1. The molecule has 2 rings (SSSR count). The van der Waals surface area contributed by atoms with Crippen LogP contribution in [-0.4, -0.2) is 45.4 Å². The van der Waals surface area contributed by atoms with Crippen LogP contribution in [0.1, 0.15) is 50.6 Å². The van der Waals surface area contributed by atoms with Gasteiger partial charge in [0.05, 0.1) is 11.9 Å². The average molecular weight is 309 g/mol. The first-order valence-corrected chi connectivity index (χ1v) is 7.85. The fourth-order valence-corrected chi connectivity index (χ4v) is 2.41. The van der Waals surface area contributed by atoms with Crippen LogP contribution in [0.4, 0.5) is 4.79 Å². The van der Waals surface area contributed by atoms with E-state index in [1.54, 1.807) is 11.1 Å². The van der Waals surface area contributed by atoms with Crippen molar-refractivity contribution in [3.8, 4) is 0 Å². The van der Waals surface area contributed by atoms with Crippen LogP contribution in [0, 0.1) is 0 Å². The molecule has 0 saturated carbocycles. The molecule has 1 aliphatic heterocycles. The smallest absolute Gasteiger partial charge is 0.321 e. The minimum atomic E-state index is -0.459. The van der Waals surface area contributed by atoms with Gasteiger partial charge in [-0.05, 0) is 38.5 Å². The number of carbonyl (C=O) groups excluding carboxylic acids is 2. The molecule has 1 aromatic heterocycles. The summed E-state index contributed by atoms with van der Waals surface area (Å²) in [5.74, 6) is -0.258. The first-order valence-electron chi connectivity index (χ1n) is 7.85. The van der Waals surface area contributed by atoms with Crippen LogP contribution in [0.25, 0.3) is 0 Å². The molecule has 8 heteroatoms. The van der Waals surface area contributed by atoms with Gasteiger partial charge in [-0.2, -0.15) is 20.9 Å². The summed E-state index contributed by atoms with van der Waals surface area (Å²) in [6, 6.07) is 0. The Labute approximate surface area is 129 Å². The highest BCUT2D eigenvalue weighted by atomic mass is 16.7. The number of aromatic nitrogens is 3. The third kappa shape index (κ3) is 5.71. The molecule has 1 fully saturated rings. The summed E-state index contributed by atoms with van der Waals surface area (Å²) < 4.78 is 0. The standard InChI is InChI=1S/C14H23N5O3/c20-13(8-4-1-3-7-12-11-15-18-16-12)17-22-14(21)19-9-5-2-6-10-19/h11H,1-10H2,(H,17,20)(H,15,16,18). The van der Waals surface area contributed by atoms with E-state index in [-0.39, 0.29) is 5.91 Å². The summed E-state index contributed by atoms with van der Waals surface area (Å²) in [7, 11) is 0. The van der Waals surface area contributed by atoms with Crippen LogP contribution in [0.15, 0.2) is 6.20 Å². The molecule has 0 bridgehead atoms. The Bertz CT molecular complexity index is 457. The molecule has 1 aliphatic rings. The molecule has 2 heterocycles. The molecule has 0 radical (unpaired) electrons. The van der Waals surface area contributed by atoms with Crippen molar-refractivity contribution in [3.05, 3.63) is 11.9 Å². The molecule has 0 spiro atoms. The maximum Gasteiger partial charge on any atom is 0.434 e. The lowest BCUT2D eigenvalue weighted by Gasteiger charge is -2.25. The predicted octanol–water partition coefficient (Wildman–Crippen LogP) is 1.56. The Kier molecular flexibility index (Phi) is 6.66. The van der Waals surface area contributed by atoms with Gasteiger partial charge in [0.1, 0.15) is 0 Å². The van der Waals surface area contributed by atoms with Crippen LogP contribution < -0.4 is 5.48 Å². The van der Waals surface area contributed by atoms with Gasteiger partial charge >= 0.3 is 6.09 Å². The number of rotatable bonds is 6. The van der Waals surface area contributed by atoms with E-state index in [2.05, 4.69) is 20.9 Å². The topological polar surface area (TPSA) is 100 Å². The molecule has 1 saturated heterocycles. The van der Waals surface area contributed by atoms with Crippen LogP contribution in [0.2, 0.25) is 0 Å². The van der Waals surface area contributed by atoms with E-state index in [1.807, 2.05) is 0 Å². The summed E-state index contributed by atoms with van der Waals surface area (Å²) in [6.45, 7) is 1.41. The fourth-order valence-electron chi connectivity index (χ4n) is 2.41. The summed E-state index contributed by atoms with van der Waals surface area (Å²) in [6.07, 6.45) is 8.20. The Balaban J connectivity index is 1.49. The van der Waals surface area contributed by atoms with Crippen LogP contribution in [0.5, 0.6) is 0 Å². The van der Waals surface area contributed by atoms with Gasteiger partial charge in [0.25, 0.3) is 5.91 Å². The van der Waals surface area contributed by atoms with Gasteiger partial charge in [0.15, 0.2) is 0 Å². The molecule has 0 unspecified atom stereocenters. The molecule has 2 N–H and O–H groups in total. The Morgan fingerprint density at radius 2 is 2.05 bits per heavy atom. The lowest BCUT2D eigenvalue weighted by Crippen LogP contribution is -2.40. The molecule has 22 heavy (non-hydrogen) atoms. The van der Waals surface area contributed by atoms with Crippen molar-refractivity contribution in [2.24, 2.45) is 0 Å². The molecule has 8 nitrogen and oxygen atoms in total. The number of hydrogen-bond acceptors (Lipinski definition) is 5. The maximum absolute atomic E-state index is 11.7. The number of carbonyl (C=O) groups is 2. The van der Waals surface area contributed by atoms with Crippen LogP contribution in [0.3, 0.4) is 0 Å². The van der Waals surface area contributed by atoms with E-state index in [0.29, 0.717) is 19.5 Å². The zero-order valence-corrected chi connectivity index (χ0v) is 12.7. The van der Waals surface area contributed by atoms with Crippen molar-refractivity contribution >= 4 is 12.0 Å². The van der Waals surface area contributed by atoms with E-state index in [9.17, 15) is 9.59 Å². The second kappa shape index (κ2) is 9.01. The number of likely N-dealkylation sites (tertiary alicyclic amines) is 1. The number of hydrogen-bond donors (Lipinski definition) is 2. The van der Waals surface area contributed by atoms with Crippen molar-refractivity contribution in [3.63, 3.8) is 0 Å². The highest BCUT2D eigenvalue weighted by Crippen LogP contribution is 2.09. The Morgan fingerprint density at radius 3 is 2.77 bits per heavy atom. The molecule has 2 amide bonds. The van der Waals surface area contributed by atoms with Gasteiger partial charge in [-0.1, -0.05) is 6.42 Å². The van der Waals surface area contributed by atoms with Crippen molar-refractivity contribution < 1.29 is 14.4 Å². The Morgan fingerprint density at radius 1 is 1.23 bits per heavy atom. The van der Waals surface area contributed by atoms with Gasteiger partial charge in [0.2, 0.25) is 0 Å². The number of nitrogens with one attached hydrogen (secondary N) is 2. The highest BCUT2D eigenvalue weighted by Gasteiger charge is 2.18. The number of aromatic amines is 1. The number of aryl methyl sites for hydroxylation is 1. The van der Waals surface area contributed by atoms with Crippen molar-refractivity contribution in [2.75, 3.05) is 13.1 Å². The molecular weight excluding hydrogens is 286 g/mol. The van der Waals surface area contributed by atoms with Gasteiger partial charge in [-0.15, -0.1) is 0 Å². The number of H-pyrrole nitrogens is 1. The summed E-state index contributed by atoms with van der Waals surface area (Å²) in [5.41, 5.74) is 3.16. The largest absolute Gasteiger partial charge is 0.434 e.